The number of anilines is 1. The minimum absolute atomic E-state index is 0.0289. The first kappa shape index (κ1) is 14.5. The molecule has 0 aromatic carbocycles. The Balaban J connectivity index is 2.46. The van der Waals surface area contributed by atoms with Crippen molar-refractivity contribution in [3.8, 4) is 0 Å². The molecule has 0 amide bonds. The summed E-state index contributed by atoms with van der Waals surface area (Å²) in [4.78, 5) is 14.5. The van der Waals surface area contributed by atoms with Gasteiger partial charge in [-0.1, -0.05) is 0 Å². The van der Waals surface area contributed by atoms with Crippen molar-refractivity contribution < 1.29 is 0 Å². The Bertz CT molecular complexity index is 524. The topological polar surface area (TPSA) is 50.2 Å². The van der Waals surface area contributed by atoms with Crippen molar-refractivity contribution in [2.45, 2.75) is 39.3 Å². The van der Waals surface area contributed by atoms with Crippen LogP contribution in [-0.4, -0.2) is 35.0 Å². The lowest BCUT2D eigenvalue weighted by Crippen LogP contribution is -2.58. The first-order chi connectivity index (χ1) is 8.84. The number of aromatic nitrogens is 2. The number of piperazine rings is 1. The highest BCUT2D eigenvalue weighted by Crippen LogP contribution is 2.29. The van der Waals surface area contributed by atoms with E-state index in [2.05, 4.69) is 45.1 Å². The largest absolute Gasteiger partial charge is 0.361 e. The minimum atomic E-state index is -0.0677. The molecule has 1 saturated heterocycles. The predicted octanol–water partition coefficient (Wildman–Crippen LogP) is 1.77. The van der Waals surface area contributed by atoms with Crippen molar-refractivity contribution in [3.05, 3.63) is 21.0 Å². The molecule has 0 atom stereocenters. The molecule has 1 aromatic rings. The van der Waals surface area contributed by atoms with E-state index in [1.54, 1.807) is 6.20 Å². The summed E-state index contributed by atoms with van der Waals surface area (Å²) >= 11 is 3.45. The molecular formula is C13H21BrN4O. The fourth-order valence-corrected chi connectivity index (χ4v) is 2.92. The van der Waals surface area contributed by atoms with Crippen LogP contribution in [0.5, 0.6) is 0 Å². The number of hydrogen-bond acceptors (Lipinski definition) is 4. The summed E-state index contributed by atoms with van der Waals surface area (Å²) in [7, 11) is 0. The second kappa shape index (κ2) is 5.25. The van der Waals surface area contributed by atoms with Gasteiger partial charge in [0.2, 0.25) is 0 Å². The van der Waals surface area contributed by atoms with Crippen LogP contribution in [0, 0.1) is 0 Å². The maximum absolute atomic E-state index is 12.3. The molecule has 2 heterocycles. The SMILES string of the molecule is CC(C)n1ncc(N2CCNCC2(C)C)c(Br)c1=O. The second-order valence-electron chi connectivity index (χ2n) is 5.83. The average Bonchev–Trinajstić information content (AvgIpc) is 2.32. The Morgan fingerprint density at radius 3 is 2.74 bits per heavy atom. The average molecular weight is 329 g/mol. The monoisotopic (exact) mass is 328 g/mol. The van der Waals surface area contributed by atoms with Crippen molar-refractivity contribution in [1.82, 2.24) is 15.1 Å². The van der Waals surface area contributed by atoms with Crippen molar-refractivity contribution in [2.75, 3.05) is 24.5 Å². The zero-order valence-corrected chi connectivity index (χ0v) is 13.5. The molecule has 0 spiro atoms. The van der Waals surface area contributed by atoms with Gasteiger partial charge < -0.3 is 10.2 Å². The van der Waals surface area contributed by atoms with Crippen molar-refractivity contribution in [1.29, 1.82) is 0 Å². The summed E-state index contributed by atoms with van der Waals surface area (Å²) in [5.74, 6) is 0. The Morgan fingerprint density at radius 1 is 1.47 bits per heavy atom. The fraction of sp³-hybridized carbons (Fsp3) is 0.692. The van der Waals surface area contributed by atoms with Crippen LogP contribution in [0.1, 0.15) is 33.7 Å². The van der Waals surface area contributed by atoms with Gasteiger partial charge in [0.05, 0.1) is 17.9 Å². The Labute approximate surface area is 122 Å². The molecule has 106 valence electrons. The molecule has 1 aliphatic rings. The molecule has 6 heteroatoms. The first-order valence-electron chi connectivity index (χ1n) is 6.60. The normalized spacial score (nSPS) is 18.9. The van der Waals surface area contributed by atoms with E-state index in [0.29, 0.717) is 4.47 Å². The highest BCUT2D eigenvalue weighted by atomic mass is 79.9. The number of rotatable bonds is 2. The molecule has 1 N–H and O–H groups in total. The third-order valence-electron chi connectivity index (χ3n) is 3.51. The van der Waals surface area contributed by atoms with Crippen LogP contribution in [0.15, 0.2) is 15.5 Å². The highest BCUT2D eigenvalue weighted by molar-refractivity contribution is 9.10. The lowest BCUT2D eigenvalue weighted by molar-refractivity contribution is 0.378. The van der Waals surface area contributed by atoms with E-state index in [9.17, 15) is 4.79 Å². The molecule has 2 rings (SSSR count). The van der Waals surface area contributed by atoms with Gasteiger partial charge in [0, 0.05) is 25.2 Å². The van der Waals surface area contributed by atoms with E-state index in [-0.39, 0.29) is 17.1 Å². The summed E-state index contributed by atoms with van der Waals surface area (Å²) < 4.78 is 2.11. The summed E-state index contributed by atoms with van der Waals surface area (Å²) in [6.07, 6.45) is 1.79. The van der Waals surface area contributed by atoms with Crippen LogP contribution >= 0.6 is 15.9 Å². The fourth-order valence-electron chi connectivity index (χ4n) is 2.42. The molecule has 5 nitrogen and oxygen atoms in total. The van der Waals surface area contributed by atoms with E-state index < -0.39 is 0 Å². The van der Waals surface area contributed by atoms with Gasteiger partial charge in [-0.05, 0) is 43.6 Å². The summed E-state index contributed by atoms with van der Waals surface area (Å²) in [6.45, 7) is 10.9. The van der Waals surface area contributed by atoms with E-state index in [1.807, 2.05) is 13.8 Å². The maximum atomic E-state index is 12.3. The standard InChI is InChI=1S/C13H21BrN4O/c1-9(2)18-12(19)11(14)10(7-16-18)17-6-5-15-8-13(17,3)4/h7,9,15H,5-6,8H2,1-4H3. The van der Waals surface area contributed by atoms with Gasteiger partial charge in [0.1, 0.15) is 4.47 Å². The van der Waals surface area contributed by atoms with E-state index in [1.165, 1.54) is 4.68 Å². The van der Waals surface area contributed by atoms with Crippen molar-refractivity contribution in [2.24, 2.45) is 0 Å². The van der Waals surface area contributed by atoms with Gasteiger partial charge >= 0.3 is 0 Å². The van der Waals surface area contributed by atoms with Crippen LogP contribution < -0.4 is 15.8 Å². The molecule has 1 aliphatic heterocycles. The second-order valence-corrected chi connectivity index (χ2v) is 6.62. The summed E-state index contributed by atoms with van der Waals surface area (Å²) in [6, 6.07) is 0.0638. The molecule has 0 unspecified atom stereocenters. The van der Waals surface area contributed by atoms with Crippen LogP contribution in [-0.2, 0) is 0 Å². The Morgan fingerprint density at radius 2 is 2.16 bits per heavy atom. The molecule has 0 aliphatic carbocycles. The van der Waals surface area contributed by atoms with Gasteiger partial charge in [-0.3, -0.25) is 4.79 Å². The van der Waals surface area contributed by atoms with Crippen LogP contribution in [0.4, 0.5) is 5.69 Å². The van der Waals surface area contributed by atoms with E-state index in [4.69, 9.17) is 0 Å². The minimum Gasteiger partial charge on any atom is -0.361 e. The van der Waals surface area contributed by atoms with Gasteiger partial charge in [-0.25, -0.2) is 4.68 Å². The summed E-state index contributed by atoms with van der Waals surface area (Å²) in [5, 5.41) is 7.67. The third kappa shape index (κ3) is 2.69. The number of nitrogens with zero attached hydrogens (tertiary/aromatic N) is 3. The quantitative estimate of drug-likeness (QED) is 0.899. The van der Waals surface area contributed by atoms with Crippen molar-refractivity contribution in [3.63, 3.8) is 0 Å². The molecule has 1 aromatic heterocycles. The lowest BCUT2D eigenvalue weighted by atomic mass is 9.99. The number of halogens is 1. The molecule has 0 bridgehead atoms. The molecule has 0 saturated carbocycles. The smallest absolute Gasteiger partial charge is 0.283 e. The number of nitrogens with one attached hydrogen (secondary N) is 1. The van der Waals surface area contributed by atoms with Crippen LogP contribution in [0.2, 0.25) is 0 Å². The number of hydrogen-bond donors (Lipinski definition) is 1. The Kier molecular flexibility index (Phi) is 4.01. The summed E-state index contributed by atoms with van der Waals surface area (Å²) in [5.41, 5.74) is 0.786. The Hall–Kier alpha value is -0.880. The van der Waals surface area contributed by atoms with Gasteiger partial charge in [0.15, 0.2) is 0 Å². The van der Waals surface area contributed by atoms with Gasteiger partial charge in [-0.15, -0.1) is 0 Å². The van der Waals surface area contributed by atoms with E-state index >= 15 is 0 Å². The zero-order chi connectivity index (χ0) is 14.2. The van der Waals surface area contributed by atoms with Crippen LogP contribution in [0.25, 0.3) is 0 Å². The lowest BCUT2D eigenvalue weighted by Gasteiger charge is -2.44. The predicted molar refractivity (Wildman–Crippen MR) is 80.9 cm³/mol. The molecule has 19 heavy (non-hydrogen) atoms. The highest BCUT2D eigenvalue weighted by Gasteiger charge is 2.31. The molecule has 0 radical (unpaired) electrons. The van der Waals surface area contributed by atoms with Crippen LogP contribution in [0.3, 0.4) is 0 Å². The molecular weight excluding hydrogens is 308 g/mol. The van der Waals surface area contributed by atoms with Crippen molar-refractivity contribution >= 4 is 21.6 Å². The van der Waals surface area contributed by atoms with E-state index in [0.717, 1.165) is 25.3 Å². The zero-order valence-electron chi connectivity index (χ0n) is 11.9. The first-order valence-corrected chi connectivity index (χ1v) is 7.39. The van der Waals surface area contributed by atoms with Gasteiger partial charge in [0.25, 0.3) is 5.56 Å². The van der Waals surface area contributed by atoms with Gasteiger partial charge in [-0.2, -0.15) is 5.10 Å². The third-order valence-corrected chi connectivity index (χ3v) is 4.25. The maximum Gasteiger partial charge on any atom is 0.283 e. The molecule has 1 fully saturated rings.